The zero-order valence-electron chi connectivity index (χ0n) is 27.0. The van der Waals surface area contributed by atoms with Gasteiger partial charge in [0, 0.05) is 62.3 Å². The van der Waals surface area contributed by atoms with Gasteiger partial charge in [-0.1, -0.05) is 6.07 Å². The third-order valence-corrected chi connectivity index (χ3v) is 8.61. The van der Waals surface area contributed by atoms with Crippen molar-refractivity contribution in [1.82, 2.24) is 19.4 Å². The van der Waals surface area contributed by atoms with E-state index >= 15 is 0 Å². The van der Waals surface area contributed by atoms with Crippen molar-refractivity contribution in [2.45, 2.75) is 19.8 Å². The van der Waals surface area contributed by atoms with Crippen molar-refractivity contribution in [2.75, 3.05) is 31.5 Å². The molecule has 0 saturated carbocycles. The van der Waals surface area contributed by atoms with Crippen molar-refractivity contribution < 1.29 is 45.8 Å². The standard InChI is InChI=1S/C35H28F5N5O5.BrH/c1-19-25(36)16-24(32(38)31(19)37)33(46)42-22-4-8-30(41-17-22)48-23-5-6-26-21(14-23)15-27(43(26)2)34(47)45-11-9-44(10-12-45)18-20-3-7-28-29(13-20)50-35(39,40)49-28;/h3-8,13-17H,9-12,18H2,1-2H3,(H,42,46);1H. The van der Waals surface area contributed by atoms with Gasteiger partial charge in [0.2, 0.25) is 5.88 Å². The second kappa shape index (κ2) is 13.8. The highest BCUT2D eigenvalue weighted by molar-refractivity contribution is 8.93. The topological polar surface area (TPSA) is 98.2 Å². The summed E-state index contributed by atoms with van der Waals surface area (Å²) in [6.45, 7) is 3.71. The second-order valence-electron chi connectivity index (χ2n) is 11.9. The number of anilines is 1. The molecule has 266 valence electrons. The molecule has 0 unspecified atom stereocenters. The van der Waals surface area contributed by atoms with Gasteiger partial charge in [-0.05, 0) is 61.0 Å². The summed E-state index contributed by atoms with van der Waals surface area (Å²) < 4.78 is 85.5. The average Bonchev–Trinajstić information content (AvgIpc) is 3.59. The predicted octanol–water partition coefficient (Wildman–Crippen LogP) is 7.20. The quantitative estimate of drug-likeness (QED) is 0.138. The Morgan fingerprint density at radius 2 is 1.67 bits per heavy atom. The van der Waals surface area contributed by atoms with Gasteiger partial charge >= 0.3 is 6.29 Å². The summed E-state index contributed by atoms with van der Waals surface area (Å²) in [5, 5.41) is 3.11. The number of benzene rings is 3. The number of hydrogen-bond acceptors (Lipinski definition) is 7. The van der Waals surface area contributed by atoms with Gasteiger partial charge in [0.15, 0.2) is 23.1 Å². The van der Waals surface area contributed by atoms with Crippen LogP contribution in [0, 0.1) is 24.4 Å². The molecule has 2 aliphatic heterocycles. The summed E-state index contributed by atoms with van der Waals surface area (Å²) in [6.07, 6.45) is -2.42. The Labute approximate surface area is 298 Å². The molecule has 3 aromatic carbocycles. The SMILES string of the molecule is Br.Cc1c(F)cc(C(=O)Nc2ccc(Oc3ccc4c(c3)cc(C(=O)N3CCN(Cc5ccc6c(c5)OC(F)(F)O6)CC3)n4C)nc2)c(F)c1F. The number of rotatable bonds is 7. The molecule has 1 N–H and O–H groups in total. The third kappa shape index (κ3) is 7.19. The number of ether oxygens (including phenoxy) is 3. The van der Waals surface area contributed by atoms with E-state index in [-0.39, 0.29) is 46.0 Å². The fourth-order valence-electron chi connectivity index (χ4n) is 5.90. The molecule has 16 heteroatoms. The Balaban J connectivity index is 0.00000448. The third-order valence-electron chi connectivity index (χ3n) is 8.61. The van der Waals surface area contributed by atoms with Gasteiger partial charge in [-0.15, -0.1) is 25.8 Å². The van der Waals surface area contributed by atoms with Crippen LogP contribution in [0.4, 0.5) is 27.6 Å². The number of fused-ring (bicyclic) bond motifs is 2. The Morgan fingerprint density at radius 1 is 0.922 bits per heavy atom. The van der Waals surface area contributed by atoms with Gasteiger partial charge in [0.1, 0.15) is 17.3 Å². The van der Waals surface area contributed by atoms with Crippen LogP contribution in [-0.4, -0.2) is 63.6 Å². The fourth-order valence-corrected chi connectivity index (χ4v) is 5.90. The number of nitrogens with zero attached hydrogens (tertiary/aromatic N) is 4. The van der Waals surface area contributed by atoms with Crippen LogP contribution in [0.1, 0.15) is 32.0 Å². The minimum Gasteiger partial charge on any atom is -0.439 e. The minimum atomic E-state index is -3.67. The summed E-state index contributed by atoms with van der Waals surface area (Å²) in [7, 11) is 1.80. The molecule has 7 rings (SSSR count). The van der Waals surface area contributed by atoms with Crippen LogP contribution in [0.3, 0.4) is 0 Å². The fraction of sp³-hybridized carbons (Fsp3) is 0.229. The van der Waals surface area contributed by atoms with Crippen molar-refractivity contribution in [3.8, 4) is 23.1 Å². The summed E-state index contributed by atoms with van der Waals surface area (Å²) in [5.74, 6) is -4.51. The van der Waals surface area contributed by atoms with Crippen molar-refractivity contribution in [3.63, 3.8) is 0 Å². The molecule has 1 fully saturated rings. The molecular weight excluding hydrogens is 745 g/mol. The molecule has 0 bridgehead atoms. The van der Waals surface area contributed by atoms with Gasteiger partial charge in [0.05, 0.1) is 17.4 Å². The highest BCUT2D eigenvalue weighted by Crippen LogP contribution is 2.41. The number of aryl methyl sites for hydroxylation is 1. The average molecular weight is 775 g/mol. The Hall–Kier alpha value is -5.22. The van der Waals surface area contributed by atoms with E-state index in [1.165, 1.54) is 30.5 Å². The van der Waals surface area contributed by atoms with Gasteiger partial charge < -0.3 is 29.0 Å². The maximum absolute atomic E-state index is 14.2. The van der Waals surface area contributed by atoms with E-state index in [2.05, 4.69) is 24.7 Å². The lowest BCUT2D eigenvalue weighted by Gasteiger charge is -2.34. The number of piperazine rings is 1. The molecule has 4 heterocycles. The lowest BCUT2D eigenvalue weighted by molar-refractivity contribution is -0.286. The van der Waals surface area contributed by atoms with E-state index in [1.54, 1.807) is 40.8 Å². The molecule has 51 heavy (non-hydrogen) atoms. The zero-order valence-corrected chi connectivity index (χ0v) is 28.7. The Morgan fingerprint density at radius 3 is 2.39 bits per heavy atom. The Bertz CT molecular complexity index is 2160. The maximum Gasteiger partial charge on any atom is 0.586 e. The first kappa shape index (κ1) is 35.6. The van der Waals surface area contributed by atoms with Crippen molar-refractivity contribution in [3.05, 3.63) is 107 Å². The number of nitrogens with one attached hydrogen (secondary N) is 1. The molecule has 2 aliphatic rings. The molecule has 5 aromatic rings. The molecule has 1 saturated heterocycles. The Kier molecular flexibility index (Phi) is 9.65. The van der Waals surface area contributed by atoms with Gasteiger partial charge in [-0.3, -0.25) is 14.5 Å². The molecule has 0 spiro atoms. The summed E-state index contributed by atoms with van der Waals surface area (Å²) in [4.78, 5) is 34.0. The number of carbonyl (C=O) groups excluding carboxylic acids is 2. The molecule has 0 atom stereocenters. The number of pyridine rings is 1. The highest BCUT2D eigenvalue weighted by Gasteiger charge is 2.43. The lowest BCUT2D eigenvalue weighted by Crippen LogP contribution is -2.48. The molecule has 10 nitrogen and oxygen atoms in total. The highest BCUT2D eigenvalue weighted by atomic mass is 79.9. The second-order valence-corrected chi connectivity index (χ2v) is 11.9. The van der Waals surface area contributed by atoms with E-state index in [0.717, 1.165) is 23.4 Å². The van der Waals surface area contributed by atoms with Crippen LogP contribution in [0.5, 0.6) is 23.1 Å². The van der Waals surface area contributed by atoms with Crippen LogP contribution < -0.4 is 19.5 Å². The van der Waals surface area contributed by atoms with Crippen LogP contribution in [0.2, 0.25) is 0 Å². The van der Waals surface area contributed by atoms with Crippen LogP contribution in [0.15, 0.2) is 66.9 Å². The van der Waals surface area contributed by atoms with E-state index < -0.39 is 40.8 Å². The van der Waals surface area contributed by atoms with Crippen LogP contribution in [0.25, 0.3) is 10.9 Å². The number of halogens is 6. The van der Waals surface area contributed by atoms with Gasteiger partial charge in [-0.25, -0.2) is 18.2 Å². The van der Waals surface area contributed by atoms with Crippen molar-refractivity contribution in [2.24, 2.45) is 7.05 Å². The molecule has 2 amide bonds. The van der Waals surface area contributed by atoms with Crippen molar-refractivity contribution in [1.29, 1.82) is 0 Å². The van der Waals surface area contributed by atoms with Crippen molar-refractivity contribution >= 4 is 45.4 Å². The molecule has 0 aliphatic carbocycles. The first-order chi connectivity index (χ1) is 23.8. The molecule has 2 aromatic heterocycles. The number of hydrogen-bond donors (Lipinski definition) is 1. The monoisotopic (exact) mass is 773 g/mol. The van der Waals surface area contributed by atoms with E-state index in [0.29, 0.717) is 50.2 Å². The smallest absolute Gasteiger partial charge is 0.439 e. The van der Waals surface area contributed by atoms with Crippen LogP contribution >= 0.6 is 17.0 Å². The van der Waals surface area contributed by atoms with E-state index in [9.17, 15) is 31.5 Å². The molecular formula is C35H29BrF5N5O5. The van der Waals surface area contributed by atoms with E-state index in [1.807, 2.05) is 6.07 Å². The number of amides is 2. The number of alkyl halides is 2. The zero-order chi connectivity index (χ0) is 35.3. The summed E-state index contributed by atoms with van der Waals surface area (Å²) in [5.41, 5.74) is 0.926. The largest absolute Gasteiger partial charge is 0.586 e. The number of carbonyl (C=O) groups is 2. The van der Waals surface area contributed by atoms with Crippen LogP contribution in [-0.2, 0) is 13.6 Å². The first-order valence-corrected chi connectivity index (χ1v) is 15.4. The summed E-state index contributed by atoms with van der Waals surface area (Å²) in [6, 6.07) is 15.3. The maximum atomic E-state index is 14.2. The van der Waals surface area contributed by atoms with Gasteiger partial charge in [-0.2, -0.15) is 0 Å². The molecule has 0 radical (unpaired) electrons. The number of aromatic nitrogens is 2. The normalized spacial score (nSPS) is 15.1. The predicted molar refractivity (Wildman–Crippen MR) is 180 cm³/mol. The minimum absolute atomic E-state index is 0. The van der Waals surface area contributed by atoms with E-state index in [4.69, 9.17) is 4.74 Å². The summed E-state index contributed by atoms with van der Waals surface area (Å²) >= 11 is 0. The first-order valence-electron chi connectivity index (χ1n) is 15.4. The van der Waals surface area contributed by atoms with Gasteiger partial charge in [0.25, 0.3) is 11.8 Å². The lowest BCUT2D eigenvalue weighted by atomic mass is 10.1.